The van der Waals surface area contributed by atoms with E-state index in [1.165, 1.54) is 18.4 Å². The minimum absolute atomic E-state index is 0.755. The number of hydrogen-bond donors (Lipinski definition) is 1. The molecule has 92 valence electrons. The molecular weight excluding hydrogens is 298 g/mol. The van der Waals surface area contributed by atoms with E-state index in [0.29, 0.717) is 0 Å². The summed E-state index contributed by atoms with van der Waals surface area (Å²) in [5.41, 5.74) is 2.51. The summed E-state index contributed by atoms with van der Waals surface area (Å²) < 4.78 is 1.02. The van der Waals surface area contributed by atoms with Gasteiger partial charge in [-0.15, -0.1) is 0 Å². The third kappa shape index (κ3) is 4.13. The van der Waals surface area contributed by atoms with E-state index in [1.807, 2.05) is 12.1 Å². The molecule has 0 atom stereocenters. The van der Waals surface area contributed by atoms with Crippen molar-refractivity contribution in [1.29, 1.82) is 0 Å². The van der Waals surface area contributed by atoms with Crippen molar-refractivity contribution in [1.82, 2.24) is 5.32 Å². The molecule has 0 spiro atoms. The average Bonchev–Trinajstić information content (AvgIpc) is 3.11. The van der Waals surface area contributed by atoms with Crippen LogP contribution in [0, 0.1) is 0 Å². The Kier molecular flexibility index (Phi) is 4.66. The molecule has 1 saturated carbocycles. The van der Waals surface area contributed by atoms with Crippen LogP contribution in [-0.4, -0.2) is 12.6 Å². The van der Waals surface area contributed by atoms with Crippen LogP contribution in [0.25, 0.3) is 6.08 Å². The highest BCUT2D eigenvalue weighted by molar-refractivity contribution is 9.10. The van der Waals surface area contributed by atoms with E-state index in [9.17, 15) is 0 Å². The largest absolute Gasteiger partial charge is 0.310 e. The molecule has 0 unspecified atom stereocenters. The summed E-state index contributed by atoms with van der Waals surface area (Å²) in [5, 5.41) is 4.34. The number of nitrogens with one attached hydrogen (secondary N) is 1. The van der Waals surface area contributed by atoms with Crippen molar-refractivity contribution in [2.75, 3.05) is 6.54 Å². The van der Waals surface area contributed by atoms with Crippen molar-refractivity contribution < 1.29 is 0 Å². The first-order valence-corrected chi connectivity index (χ1v) is 7.24. The van der Waals surface area contributed by atoms with Gasteiger partial charge in [0.05, 0.1) is 0 Å². The van der Waals surface area contributed by atoms with Gasteiger partial charge >= 0.3 is 0 Å². The van der Waals surface area contributed by atoms with Crippen LogP contribution < -0.4 is 5.32 Å². The average molecular weight is 315 g/mol. The van der Waals surface area contributed by atoms with Gasteiger partial charge in [-0.2, -0.15) is 0 Å². The molecular formula is C14H17BrClN. The van der Waals surface area contributed by atoms with Crippen LogP contribution in [0.3, 0.4) is 0 Å². The zero-order chi connectivity index (χ0) is 12.3. The third-order valence-electron chi connectivity index (χ3n) is 2.97. The van der Waals surface area contributed by atoms with Crippen molar-refractivity contribution in [3.05, 3.63) is 38.8 Å². The maximum Gasteiger partial charge on any atom is 0.0489 e. The van der Waals surface area contributed by atoms with Gasteiger partial charge in [-0.1, -0.05) is 52.2 Å². The highest BCUT2D eigenvalue weighted by Gasteiger charge is 2.20. The minimum atomic E-state index is 0.755. The first-order valence-electron chi connectivity index (χ1n) is 6.07. The molecule has 2 rings (SSSR count). The molecule has 0 bridgehead atoms. The van der Waals surface area contributed by atoms with Crippen LogP contribution in [0.1, 0.15) is 31.7 Å². The van der Waals surface area contributed by atoms with E-state index >= 15 is 0 Å². The van der Waals surface area contributed by atoms with Crippen molar-refractivity contribution >= 4 is 33.6 Å². The lowest BCUT2D eigenvalue weighted by Gasteiger charge is -2.07. The van der Waals surface area contributed by atoms with Crippen LogP contribution >= 0.6 is 27.5 Å². The van der Waals surface area contributed by atoms with Gasteiger partial charge in [0.15, 0.2) is 0 Å². The topological polar surface area (TPSA) is 12.0 Å². The minimum Gasteiger partial charge on any atom is -0.310 e. The van der Waals surface area contributed by atoms with Crippen LogP contribution in [0.2, 0.25) is 5.02 Å². The Morgan fingerprint density at radius 3 is 2.88 bits per heavy atom. The Bertz CT molecular complexity index is 424. The normalized spacial score (nSPS) is 16.3. The monoisotopic (exact) mass is 313 g/mol. The number of hydrogen-bond acceptors (Lipinski definition) is 1. The third-order valence-corrected chi connectivity index (χ3v) is 3.79. The Balaban J connectivity index is 2.07. The van der Waals surface area contributed by atoms with Gasteiger partial charge in [-0.05, 0) is 37.0 Å². The molecule has 1 N–H and O–H groups in total. The van der Waals surface area contributed by atoms with Gasteiger partial charge in [0.25, 0.3) is 0 Å². The molecule has 1 aliphatic carbocycles. The lowest BCUT2D eigenvalue weighted by atomic mass is 10.1. The van der Waals surface area contributed by atoms with Gasteiger partial charge in [0, 0.05) is 22.1 Å². The molecule has 1 nitrogen and oxygen atoms in total. The van der Waals surface area contributed by atoms with Crippen molar-refractivity contribution in [2.24, 2.45) is 0 Å². The second-order valence-electron chi connectivity index (χ2n) is 4.48. The van der Waals surface area contributed by atoms with Gasteiger partial charge in [-0.3, -0.25) is 0 Å². The van der Waals surface area contributed by atoms with Crippen LogP contribution in [0.4, 0.5) is 0 Å². The second kappa shape index (κ2) is 6.03. The van der Waals surface area contributed by atoms with Crippen LogP contribution in [-0.2, 0) is 0 Å². The standard InChI is InChI=1S/C14H17BrClN/c1-2-10(9-17-13-5-6-13)7-11-3-4-12(15)8-14(11)16/h3-4,7-8,13,17H,2,5-6,9H2,1H3/b10-7-. The van der Waals surface area contributed by atoms with Crippen molar-refractivity contribution in [3.63, 3.8) is 0 Å². The summed E-state index contributed by atoms with van der Waals surface area (Å²) in [4.78, 5) is 0. The SMILES string of the molecule is CC/C(=C/c1ccc(Br)cc1Cl)CNC1CC1. The van der Waals surface area contributed by atoms with Crippen molar-refractivity contribution in [2.45, 2.75) is 32.2 Å². The molecule has 17 heavy (non-hydrogen) atoms. The highest BCUT2D eigenvalue weighted by Crippen LogP contribution is 2.24. The maximum atomic E-state index is 6.21. The second-order valence-corrected chi connectivity index (χ2v) is 5.80. The number of benzene rings is 1. The van der Waals surface area contributed by atoms with E-state index in [1.54, 1.807) is 0 Å². The summed E-state index contributed by atoms with van der Waals surface area (Å²) in [6.07, 6.45) is 5.92. The molecule has 1 aromatic rings. The zero-order valence-corrected chi connectivity index (χ0v) is 12.3. The Hall–Kier alpha value is -0.310. The lowest BCUT2D eigenvalue weighted by Crippen LogP contribution is -2.18. The first-order chi connectivity index (χ1) is 8.19. The number of halogens is 2. The molecule has 1 fully saturated rings. The predicted molar refractivity (Wildman–Crippen MR) is 78.4 cm³/mol. The van der Waals surface area contributed by atoms with Gasteiger partial charge < -0.3 is 5.32 Å². The Morgan fingerprint density at radius 1 is 1.53 bits per heavy atom. The van der Waals surface area contributed by atoms with Crippen molar-refractivity contribution in [3.8, 4) is 0 Å². The Labute approximate surface area is 116 Å². The molecule has 0 saturated heterocycles. The fourth-order valence-corrected chi connectivity index (χ4v) is 2.41. The summed E-state index contributed by atoms with van der Waals surface area (Å²) in [5.74, 6) is 0. The smallest absolute Gasteiger partial charge is 0.0489 e. The van der Waals surface area contributed by atoms with E-state index < -0.39 is 0 Å². The molecule has 0 heterocycles. The summed E-state index contributed by atoms with van der Waals surface area (Å²) in [6, 6.07) is 6.78. The maximum absolute atomic E-state index is 6.21. The zero-order valence-electron chi connectivity index (χ0n) is 9.97. The highest BCUT2D eigenvalue weighted by atomic mass is 79.9. The number of rotatable bonds is 5. The van der Waals surface area contributed by atoms with E-state index in [-0.39, 0.29) is 0 Å². The molecule has 0 aliphatic heterocycles. The van der Waals surface area contributed by atoms with Gasteiger partial charge in [0.1, 0.15) is 0 Å². The predicted octanol–water partition coefficient (Wildman–Crippen LogP) is 4.65. The Morgan fingerprint density at radius 2 is 2.29 bits per heavy atom. The summed E-state index contributed by atoms with van der Waals surface area (Å²) in [7, 11) is 0. The molecule has 1 aliphatic rings. The fourth-order valence-electron chi connectivity index (χ4n) is 1.68. The first kappa shape index (κ1) is 13.1. The van der Waals surface area contributed by atoms with E-state index in [4.69, 9.17) is 11.6 Å². The van der Waals surface area contributed by atoms with Gasteiger partial charge in [0.2, 0.25) is 0 Å². The molecule has 3 heteroatoms. The lowest BCUT2D eigenvalue weighted by molar-refractivity contribution is 0.723. The van der Waals surface area contributed by atoms with E-state index in [2.05, 4.69) is 40.3 Å². The molecule has 0 radical (unpaired) electrons. The summed E-state index contributed by atoms with van der Waals surface area (Å²) in [6.45, 7) is 3.17. The summed E-state index contributed by atoms with van der Waals surface area (Å²) >= 11 is 9.63. The van der Waals surface area contributed by atoms with E-state index in [0.717, 1.165) is 34.1 Å². The molecule has 1 aromatic carbocycles. The van der Waals surface area contributed by atoms with Crippen LogP contribution in [0.5, 0.6) is 0 Å². The quantitative estimate of drug-likeness (QED) is 0.834. The molecule has 0 aromatic heterocycles. The van der Waals surface area contributed by atoms with Crippen LogP contribution in [0.15, 0.2) is 28.2 Å². The fraction of sp³-hybridized carbons (Fsp3) is 0.429. The molecule has 0 amide bonds. The van der Waals surface area contributed by atoms with Gasteiger partial charge in [-0.25, -0.2) is 0 Å².